The van der Waals surface area contributed by atoms with E-state index in [0.717, 1.165) is 25.7 Å². The molecule has 0 bridgehead atoms. The standard InChI is InChI=1S/C13H20O4/c1-2-15-12(14)4-3-11-5-7-13(8-6-11)16-9-10-17-13/h3-4,11H,2,5-10H2,1H3/b4-3+. The third kappa shape index (κ3) is 3.30. The number of allylic oxidation sites excluding steroid dienone is 1. The second kappa shape index (κ2) is 5.65. The Morgan fingerprint density at radius 2 is 2.00 bits per heavy atom. The molecule has 17 heavy (non-hydrogen) atoms. The molecule has 4 nitrogen and oxygen atoms in total. The fourth-order valence-electron chi connectivity index (χ4n) is 2.46. The summed E-state index contributed by atoms with van der Waals surface area (Å²) in [6.07, 6.45) is 7.36. The van der Waals surface area contributed by atoms with Crippen LogP contribution in [0.4, 0.5) is 0 Å². The van der Waals surface area contributed by atoms with Crippen molar-refractivity contribution in [3.05, 3.63) is 12.2 Å². The van der Waals surface area contributed by atoms with E-state index in [9.17, 15) is 4.79 Å². The number of esters is 1. The summed E-state index contributed by atoms with van der Waals surface area (Å²) in [7, 11) is 0. The van der Waals surface area contributed by atoms with Crippen LogP contribution in [-0.4, -0.2) is 31.6 Å². The van der Waals surface area contributed by atoms with Crippen molar-refractivity contribution < 1.29 is 19.0 Å². The van der Waals surface area contributed by atoms with Gasteiger partial charge in [0.15, 0.2) is 5.79 Å². The fraction of sp³-hybridized carbons (Fsp3) is 0.769. The molecule has 0 unspecified atom stereocenters. The summed E-state index contributed by atoms with van der Waals surface area (Å²) in [5.41, 5.74) is 0. The first kappa shape index (κ1) is 12.6. The lowest BCUT2D eigenvalue weighted by molar-refractivity contribution is -0.180. The minimum Gasteiger partial charge on any atom is -0.463 e. The van der Waals surface area contributed by atoms with Crippen molar-refractivity contribution in [3.63, 3.8) is 0 Å². The lowest BCUT2D eigenvalue weighted by atomic mass is 9.85. The maximum absolute atomic E-state index is 11.2. The topological polar surface area (TPSA) is 44.8 Å². The number of rotatable bonds is 3. The summed E-state index contributed by atoms with van der Waals surface area (Å²) in [5.74, 6) is -0.118. The van der Waals surface area contributed by atoms with E-state index in [1.54, 1.807) is 6.08 Å². The molecule has 2 rings (SSSR count). The maximum Gasteiger partial charge on any atom is 0.330 e. The Balaban J connectivity index is 1.77. The Kier molecular flexibility index (Phi) is 4.18. The second-order valence-corrected chi connectivity index (χ2v) is 4.56. The Labute approximate surface area is 102 Å². The zero-order valence-electron chi connectivity index (χ0n) is 10.3. The summed E-state index contributed by atoms with van der Waals surface area (Å²) in [6, 6.07) is 0. The van der Waals surface area contributed by atoms with Crippen molar-refractivity contribution in [1.29, 1.82) is 0 Å². The van der Waals surface area contributed by atoms with Crippen LogP contribution in [0.2, 0.25) is 0 Å². The molecule has 1 aliphatic carbocycles. The highest BCUT2D eigenvalue weighted by molar-refractivity contribution is 5.81. The minimum absolute atomic E-state index is 0.249. The molecule has 2 fully saturated rings. The van der Waals surface area contributed by atoms with Crippen LogP contribution >= 0.6 is 0 Å². The summed E-state index contributed by atoms with van der Waals surface area (Å²) in [5, 5.41) is 0. The summed E-state index contributed by atoms with van der Waals surface area (Å²) in [4.78, 5) is 11.2. The molecule has 0 aromatic heterocycles. The molecule has 0 amide bonds. The van der Waals surface area contributed by atoms with Gasteiger partial charge >= 0.3 is 5.97 Å². The number of hydrogen-bond acceptors (Lipinski definition) is 4. The fourth-order valence-corrected chi connectivity index (χ4v) is 2.46. The predicted molar refractivity (Wildman–Crippen MR) is 62.4 cm³/mol. The molecule has 1 saturated heterocycles. The van der Waals surface area contributed by atoms with Gasteiger partial charge in [-0.15, -0.1) is 0 Å². The highest BCUT2D eigenvalue weighted by Crippen LogP contribution is 2.38. The zero-order valence-corrected chi connectivity index (χ0v) is 10.3. The normalized spacial score (nSPS) is 24.5. The van der Waals surface area contributed by atoms with Crippen molar-refractivity contribution >= 4 is 5.97 Å². The van der Waals surface area contributed by atoms with Gasteiger partial charge < -0.3 is 14.2 Å². The molecule has 1 spiro atoms. The van der Waals surface area contributed by atoms with E-state index in [0.29, 0.717) is 25.7 Å². The first-order chi connectivity index (χ1) is 8.24. The molecule has 1 heterocycles. The van der Waals surface area contributed by atoms with Crippen molar-refractivity contribution in [3.8, 4) is 0 Å². The number of ether oxygens (including phenoxy) is 3. The van der Waals surface area contributed by atoms with Crippen molar-refractivity contribution in [2.45, 2.75) is 38.4 Å². The van der Waals surface area contributed by atoms with Gasteiger partial charge in [-0.25, -0.2) is 4.79 Å². The lowest BCUT2D eigenvalue weighted by Gasteiger charge is -2.34. The van der Waals surface area contributed by atoms with Gasteiger partial charge in [0.25, 0.3) is 0 Å². The van der Waals surface area contributed by atoms with E-state index in [2.05, 4.69) is 0 Å². The predicted octanol–water partition coefficient (Wildman–Crippen LogP) is 2.04. The van der Waals surface area contributed by atoms with Crippen LogP contribution in [0.1, 0.15) is 32.6 Å². The molecule has 0 N–H and O–H groups in total. The molecule has 0 radical (unpaired) electrons. The third-order valence-corrected chi connectivity index (χ3v) is 3.40. The number of carbonyl (C=O) groups is 1. The molecule has 1 saturated carbocycles. The molecular formula is C13H20O4. The largest absolute Gasteiger partial charge is 0.463 e. The molecular weight excluding hydrogens is 220 g/mol. The van der Waals surface area contributed by atoms with Crippen molar-refractivity contribution in [1.82, 2.24) is 0 Å². The molecule has 4 heteroatoms. The monoisotopic (exact) mass is 240 g/mol. The Morgan fingerprint density at radius 1 is 1.35 bits per heavy atom. The average Bonchev–Trinajstić information content (AvgIpc) is 2.78. The Morgan fingerprint density at radius 3 is 2.59 bits per heavy atom. The van der Waals surface area contributed by atoms with E-state index in [-0.39, 0.29) is 11.8 Å². The van der Waals surface area contributed by atoms with Gasteiger partial charge in [-0.3, -0.25) is 0 Å². The van der Waals surface area contributed by atoms with E-state index in [1.807, 2.05) is 13.0 Å². The van der Waals surface area contributed by atoms with Crippen LogP contribution in [0, 0.1) is 5.92 Å². The summed E-state index contributed by atoms with van der Waals surface area (Å²) >= 11 is 0. The van der Waals surface area contributed by atoms with E-state index < -0.39 is 0 Å². The van der Waals surface area contributed by atoms with Crippen LogP contribution in [0.5, 0.6) is 0 Å². The van der Waals surface area contributed by atoms with Crippen molar-refractivity contribution in [2.24, 2.45) is 5.92 Å². The molecule has 0 atom stereocenters. The zero-order chi connectivity index (χ0) is 12.1. The van der Waals surface area contributed by atoms with Gasteiger partial charge in [0.1, 0.15) is 0 Å². The van der Waals surface area contributed by atoms with Crippen LogP contribution in [0.3, 0.4) is 0 Å². The maximum atomic E-state index is 11.2. The van der Waals surface area contributed by atoms with Gasteiger partial charge in [-0.2, -0.15) is 0 Å². The SMILES string of the molecule is CCOC(=O)/C=C/C1CCC2(CC1)OCCO2. The van der Waals surface area contributed by atoms with Gasteiger partial charge in [0, 0.05) is 18.9 Å². The van der Waals surface area contributed by atoms with E-state index in [4.69, 9.17) is 14.2 Å². The van der Waals surface area contributed by atoms with Gasteiger partial charge in [0.05, 0.1) is 19.8 Å². The summed E-state index contributed by atoms with van der Waals surface area (Å²) < 4.78 is 16.2. The van der Waals surface area contributed by atoms with Crippen LogP contribution in [0.15, 0.2) is 12.2 Å². The van der Waals surface area contributed by atoms with E-state index in [1.165, 1.54) is 0 Å². The van der Waals surface area contributed by atoms with Crippen LogP contribution in [-0.2, 0) is 19.0 Å². The number of hydrogen-bond donors (Lipinski definition) is 0. The van der Waals surface area contributed by atoms with Crippen LogP contribution < -0.4 is 0 Å². The Bertz CT molecular complexity index is 282. The summed E-state index contributed by atoms with van der Waals surface area (Å²) in [6.45, 7) is 3.66. The third-order valence-electron chi connectivity index (χ3n) is 3.40. The van der Waals surface area contributed by atoms with Gasteiger partial charge in [-0.05, 0) is 25.7 Å². The Hall–Kier alpha value is -0.870. The molecule has 96 valence electrons. The van der Waals surface area contributed by atoms with E-state index >= 15 is 0 Å². The van der Waals surface area contributed by atoms with Gasteiger partial charge in [-0.1, -0.05) is 6.08 Å². The minimum atomic E-state index is -0.311. The first-order valence-electron chi connectivity index (χ1n) is 6.37. The van der Waals surface area contributed by atoms with Gasteiger partial charge in [0.2, 0.25) is 0 Å². The lowest BCUT2D eigenvalue weighted by Crippen LogP contribution is -2.34. The molecule has 1 aliphatic heterocycles. The quantitative estimate of drug-likeness (QED) is 0.559. The smallest absolute Gasteiger partial charge is 0.330 e. The molecule has 2 aliphatic rings. The molecule has 0 aromatic carbocycles. The highest BCUT2D eigenvalue weighted by atomic mass is 16.7. The second-order valence-electron chi connectivity index (χ2n) is 4.56. The van der Waals surface area contributed by atoms with Crippen LogP contribution in [0.25, 0.3) is 0 Å². The highest BCUT2D eigenvalue weighted by Gasteiger charge is 2.39. The average molecular weight is 240 g/mol. The molecule has 0 aromatic rings. The first-order valence-corrected chi connectivity index (χ1v) is 6.37. The number of carbonyl (C=O) groups excluding carboxylic acids is 1. The van der Waals surface area contributed by atoms with Crippen molar-refractivity contribution in [2.75, 3.05) is 19.8 Å².